The molecule has 5 heteroatoms. The van der Waals surface area contributed by atoms with Gasteiger partial charge < -0.3 is 14.9 Å². The minimum Gasteiger partial charge on any atom is -0.507 e. The number of carboxylic acids is 1. The van der Waals surface area contributed by atoms with E-state index < -0.39 is 5.97 Å². The Bertz CT molecular complexity index is 705. The van der Waals surface area contributed by atoms with E-state index in [0.717, 1.165) is 0 Å². The van der Waals surface area contributed by atoms with Crippen molar-refractivity contribution in [1.29, 1.82) is 0 Å². The first kappa shape index (κ1) is 15.6. The molecule has 0 spiro atoms. The molecule has 0 saturated carbocycles. The Kier molecular flexibility index (Phi) is 4.78. The summed E-state index contributed by atoms with van der Waals surface area (Å²) in [5, 5.41) is 19.1. The predicted molar refractivity (Wildman–Crippen MR) is 81.6 cm³/mol. The van der Waals surface area contributed by atoms with Gasteiger partial charge in [0, 0.05) is 6.07 Å². The maximum atomic E-state index is 12.9. The molecule has 0 aliphatic rings. The van der Waals surface area contributed by atoms with Crippen molar-refractivity contribution in [3.05, 3.63) is 58.9 Å². The Morgan fingerprint density at radius 3 is 2.50 bits per heavy atom. The van der Waals surface area contributed by atoms with Crippen LogP contribution in [0.3, 0.4) is 0 Å². The summed E-state index contributed by atoms with van der Waals surface area (Å²) >= 11 is 0. The van der Waals surface area contributed by atoms with E-state index >= 15 is 0 Å². The number of halogens is 1. The van der Waals surface area contributed by atoms with Crippen LogP contribution >= 0.6 is 0 Å². The van der Waals surface area contributed by atoms with E-state index in [9.17, 15) is 19.4 Å². The van der Waals surface area contributed by atoms with Crippen molar-refractivity contribution in [2.75, 3.05) is 6.61 Å². The maximum Gasteiger partial charge on any atom is 0.340 e. The third kappa shape index (κ3) is 3.63. The zero-order valence-electron chi connectivity index (χ0n) is 11.9. The maximum absolute atomic E-state index is 12.9. The van der Waals surface area contributed by atoms with Crippen LogP contribution in [0.2, 0.25) is 0 Å². The minimum atomic E-state index is -1.24. The molecule has 2 aromatic carbocycles. The minimum absolute atomic E-state index is 0.207. The molecule has 0 aliphatic carbocycles. The van der Waals surface area contributed by atoms with Crippen LogP contribution in [-0.2, 0) is 0 Å². The third-order valence-corrected chi connectivity index (χ3v) is 2.97. The van der Waals surface area contributed by atoms with Gasteiger partial charge in [-0.2, -0.15) is 0 Å². The van der Waals surface area contributed by atoms with Crippen molar-refractivity contribution >= 4 is 18.1 Å². The van der Waals surface area contributed by atoms with Gasteiger partial charge in [-0.3, -0.25) is 0 Å². The van der Waals surface area contributed by atoms with E-state index in [1.807, 2.05) is 0 Å². The predicted octanol–water partition coefficient (Wildman–Crippen LogP) is 3.80. The van der Waals surface area contributed by atoms with E-state index in [2.05, 4.69) is 0 Å². The first-order valence-corrected chi connectivity index (χ1v) is 6.68. The van der Waals surface area contributed by atoms with E-state index in [4.69, 9.17) is 4.74 Å². The van der Waals surface area contributed by atoms with Crippen LogP contribution in [-0.4, -0.2) is 22.8 Å². The molecule has 0 unspecified atom stereocenters. The molecule has 114 valence electrons. The van der Waals surface area contributed by atoms with Crippen molar-refractivity contribution in [1.82, 2.24) is 0 Å². The lowest BCUT2D eigenvalue weighted by Crippen LogP contribution is -2.02. The van der Waals surface area contributed by atoms with Crippen molar-refractivity contribution in [3.8, 4) is 11.5 Å². The van der Waals surface area contributed by atoms with Crippen LogP contribution in [0.25, 0.3) is 12.2 Å². The van der Waals surface area contributed by atoms with Gasteiger partial charge in [-0.25, -0.2) is 9.18 Å². The van der Waals surface area contributed by atoms with Gasteiger partial charge >= 0.3 is 5.97 Å². The Balaban J connectivity index is 2.42. The summed E-state index contributed by atoms with van der Waals surface area (Å²) in [5.74, 6) is -1.57. The first-order valence-electron chi connectivity index (χ1n) is 6.68. The number of hydrogen-bond acceptors (Lipinski definition) is 3. The van der Waals surface area contributed by atoms with E-state index in [0.29, 0.717) is 23.5 Å². The van der Waals surface area contributed by atoms with Crippen LogP contribution in [0.4, 0.5) is 4.39 Å². The summed E-state index contributed by atoms with van der Waals surface area (Å²) < 4.78 is 18.2. The second-order valence-electron chi connectivity index (χ2n) is 4.53. The van der Waals surface area contributed by atoms with Crippen molar-refractivity contribution < 1.29 is 24.1 Å². The Labute approximate surface area is 127 Å². The zero-order chi connectivity index (χ0) is 16.1. The van der Waals surface area contributed by atoms with Gasteiger partial charge in [0.15, 0.2) is 0 Å². The van der Waals surface area contributed by atoms with Gasteiger partial charge in [-0.05, 0) is 36.2 Å². The monoisotopic (exact) mass is 302 g/mol. The molecule has 2 N–H and O–H groups in total. The second kappa shape index (κ2) is 6.76. The van der Waals surface area contributed by atoms with Crippen LogP contribution in [0.15, 0.2) is 36.4 Å². The smallest absolute Gasteiger partial charge is 0.340 e. The van der Waals surface area contributed by atoms with Crippen LogP contribution in [0, 0.1) is 5.82 Å². The molecule has 22 heavy (non-hydrogen) atoms. The number of benzene rings is 2. The highest BCUT2D eigenvalue weighted by atomic mass is 19.1. The summed E-state index contributed by atoms with van der Waals surface area (Å²) in [4.78, 5) is 11.3. The summed E-state index contributed by atoms with van der Waals surface area (Å²) in [5.41, 5.74) is 0.807. The number of ether oxygens (including phenoxy) is 1. The van der Waals surface area contributed by atoms with Gasteiger partial charge in [0.05, 0.1) is 6.61 Å². The van der Waals surface area contributed by atoms with E-state index in [1.165, 1.54) is 24.3 Å². The number of carbonyl (C=O) groups is 1. The van der Waals surface area contributed by atoms with Gasteiger partial charge in [0.2, 0.25) is 0 Å². The number of carboxylic acid groups (broad SMARTS) is 1. The standard InChI is InChI=1S/C17H15FO4/c1-2-22-14-9-12(16(17(20)21)15(19)10-14)6-3-11-4-7-13(18)8-5-11/h3-10,19H,2H2,1H3,(H,20,21). The highest BCUT2D eigenvalue weighted by Gasteiger charge is 2.16. The molecule has 4 nitrogen and oxygen atoms in total. The Morgan fingerprint density at radius 2 is 1.91 bits per heavy atom. The Morgan fingerprint density at radius 1 is 1.23 bits per heavy atom. The molecule has 0 heterocycles. The largest absolute Gasteiger partial charge is 0.507 e. The fourth-order valence-corrected chi connectivity index (χ4v) is 2.00. The molecule has 0 amide bonds. The van der Waals surface area contributed by atoms with Gasteiger partial charge in [0.1, 0.15) is 22.9 Å². The Hall–Kier alpha value is -2.82. The van der Waals surface area contributed by atoms with E-state index in [-0.39, 0.29) is 17.1 Å². The molecule has 0 aromatic heterocycles. The lowest BCUT2D eigenvalue weighted by molar-refractivity contribution is 0.0693. The SMILES string of the molecule is CCOc1cc(O)c(C(=O)O)c(C=Cc2ccc(F)cc2)c1. The molecule has 0 bridgehead atoms. The van der Waals surface area contributed by atoms with Crippen LogP contribution in [0.5, 0.6) is 11.5 Å². The molecule has 0 aliphatic heterocycles. The number of rotatable bonds is 5. The number of phenols is 1. The summed E-state index contributed by atoms with van der Waals surface area (Å²) in [6.45, 7) is 2.18. The molecule has 2 rings (SSSR count). The first-order chi connectivity index (χ1) is 10.5. The number of hydrogen-bond donors (Lipinski definition) is 2. The topological polar surface area (TPSA) is 66.8 Å². The van der Waals surface area contributed by atoms with Gasteiger partial charge in [-0.1, -0.05) is 24.3 Å². The zero-order valence-corrected chi connectivity index (χ0v) is 11.9. The average Bonchev–Trinajstić information content (AvgIpc) is 2.46. The summed E-state index contributed by atoms with van der Waals surface area (Å²) in [6.07, 6.45) is 3.18. The second-order valence-corrected chi connectivity index (χ2v) is 4.53. The highest BCUT2D eigenvalue weighted by Crippen LogP contribution is 2.29. The molecule has 2 aromatic rings. The number of aromatic hydroxyl groups is 1. The molecule has 0 atom stereocenters. The average molecular weight is 302 g/mol. The third-order valence-electron chi connectivity index (χ3n) is 2.97. The lowest BCUT2D eigenvalue weighted by Gasteiger charge is -2.09. The van der Waals surface area contributed by atoms with Gasteiger partial charge in [-0.15, -0.1) is 0 Å². The molecule has 0 fully saturated rings. The highest BCUT2D eigenvalue weighted by molar-refractivity contribution is 5.96. The molecular weight excluding hydrogens is 287 g/mol. The fraction of sp³-hybridized carbons (Fsp3) is 0.118. The normalized spacial score (nSPS) is 10.8. The van der Waals surface area contributed by atoms with Crippen molar-refractivity contribution in [2.24, 2.45) is 0 Å². The van der Waals surface area contributed by atoms with E-state index in [1.54, 1.807) is 31.2 Å². The van der Waals surface area contributed by atoms with Gasteiger partial charge in [0.25, 0.3) is 0 Å². The molecule has 0 radical (unpaired) electrons. The summed E-state index contributed by atoms with van der Waals surface area (Å²) in [6, 6.07) is 8.56. The lowest BCUT2D eigenvalue weighted by atomic mass is 10.0. The van der Waals surface area contributed by atoms with Crippen LogP contribution < -0.4 is 4.74 Å². The van der Waals surface area contributed by atoms with Crippen LogP contribution in [0.1, 0.15) is 28.4 Å². The van der Waals surface area contributed by atoms with Crippen molar-refractivity contribution in [3.63, 3.8) is 0 Å². The molecule has 0 saturated heterocycles. The fourth-order valence-electron chi connectivity index (χ4n) is 2.00. The molecular formula is C17H15FO4. The number of aromatic carboxylic acids is 1. The summed E-state index contributed by atoms with van der Waals surface area (Å²) in [7, 11) is 0. The van der Waals surface area contributed by atoms with Crippen molar-refractivity contribution in [2.45, 2.75) is 6.92 Å². The quantitative estimate of drug-likeness (QED) is 0.824.